The van der Waals surface area contributed by atoms with Gasteiger partial charge < -0.3 is 14.7 Å². The van der Waals surface area contributed by atoms with Crippen LogP contribution in [0.1, 0.15) is 36.5 Å². The molecule has 1 heterocycles. The number of piperidine rings is 1. The highest BCUT2D eigenvalue weighted by Crippen LogP contribution is 2.29. The van der Waals surface area contributed by atoms with Gasteiger partial charge in [-0.1, -0.05) is 18.5 Å². The molecule has 1 aliphatic rings. The fourth-order valence-corrected chi connectivity index (χ4v) is 2.77. The summed E-state index contributed by atoms with van der Waals surface area (Å²) in [7, 11) is 0. The molecule has 1 N–H and O–H groups in total. The average Bonchev–Trinajstić information content (AvgIpc) is 2.45. The molecule has 0 spiro atoms. The Hall–Kier alpha value is -1.26. The number of carbonyl (C=O) groups is 1. The predicted octanol–water partition coefficient (Wildman–Crippen LogP) is 3.43. The van der Waals surface area contributed by atoms with Gasteiger partial charge in [-0.25, -0.2) is 4.79 Å². The van der Waals surface area contributed by atoms with Gasteiger partial charge in [0.15, 0.2) is 0 Å². The van der Waals surface area contributed by atoms with Crippen molar-refractivity contribution in [1.82, 2.24) is 0 Å². The van der Waals surface area contributed by atoms with Crippen LogP contribution in [0.4, 0.5) is 5.69 Å². The number of carboxylic acids is 1. The standard InChI is InChI=1S/C15H20ClNO3/c1-2-8-20-12-4-3-7-17(10-12)14-6-5-11(15(18)19)9-13(14)16/h5-6,9,12H,2-4,7-8,10H2,1H3,(H,18,19). The van der Waals surface area contributed by atoms with Crippen LogP contribution < -0.4 is 4.90 Å². The minimum absolute atomic E-state index is 0.217. The summed E-state index contributed by atoms with van der Waals surface area (Å²) in [6, 6.07) is 4.89. The lowest BCUT2D eigenvalue weighted by atomic mass is 10.1. The number of carboxylic acid groups (broad SMARTS) is 1. The highest BCUT2D eigenvalue weighted by Gasteiger charge is 2.22. The first-order valence-electron chi connectivity index (χ1n) is 7.01. The molecule has 0 saturated carbocycles. The second-order valence-electron chi connectivity index (χ2n) is 5.05. The van der Waals surface area contributed by atoms with E-state index >= 15 is 0 Å². The molecule has 20 heavy (non-hydrogen) atoms. The third kappa shape index (κ3) is 3.64. The van der Waals surface area contributed by atoms with Gasteiger partial charge in [-0.2, -0.15) is 0 Å². The Morgan fingerprint density at radius 3 is 3.00 bits per heavy atom. The molecular formula is C15H20ClNO3. The molecule has 1 aromatic rings. The Balaban J connectivity index is 2.08. The molecule has 110 valence electrons. The van der Waals surface area contributed by atoms with E-state index in [9.17, 15) is 4.79 Å². The number of halogens is 1. The second-order valence-corrected chi connectivity index (χ2v) is 5.46. The number of hydrogen-bond donors (Lipinski definition) is 1. The molecule has 1 unspecified atom stereocenters. The molecule has 1 aromatic carbocycles. The van der Waals surface area contributed by atoms with Crippen LogP contribution in [0, 0.1) is 0 Å². The molecule has 1 fully saturated rings. The predicted molar refractivity (Wildman–Crippen MR) is 79.9 cm³/mol. The zero-order chi connectivity index (χ0) is 14.5. The molecule has 0 radical (unpaired) electrons. The molecule has 1 aliphatic heterocycles. The van der Waals surface area contributed by atoms with Crippen molar-refractivity contribution in [1.29, 1.82) is 0 Å². The maximum absolute atomic E-state index is 10.9. The van der Waals surface area contributed by atoms with Crippen molar-refractivity contribution in [3.05, 3.63) is 28.8 Å². The zero-order valence-corrected chi connectivity index (χ0v) is 12.4. The summed E-state index contributed by atoms with van der Waals surface area (Å²) >= 11 is 6.21. The number of rotatable bonds is 5. The molecule has 5 heteroatoms. The van der Waals surface area contributed by atoms with E-state index in [-0.39, 0.29) is 11.7 Å². The Labute approximate surface area is 124 Å². The number of nitrogens with zero attached hydrogens (tertiary/aromatic N) is 1. The van der Waals surface area contributed by atoms with Gasteiger partial charge in [-0.05, 0) is 37.5 Å². The van der Waals surface area contributed by atoms with E-state index in [2.05, 4.69) is 11.8 Å². The molecule has 1 atom stereocenters. The van der Waals surface area contributed by atoms with Gasteiger partial charge >= 0.3 is 5.97 Å². The minimum Gasteiger partial charge on any atom is -0.478 e. The van der Waals surface area contributed by atoms with Crippen LogP contribution in [0.5, 0.6) is 0 Å². The van der Waals surface area contributed by atoms with E-state index in [0.29, 0.717) is 5.02 Å². The zero-order valence-electron chi connectivity index (χ0n) is 11.6. The Morgan fingerprint density at radius 1 is 1.55 bits per heavy atom. The van der Waals surface area contributed by atoms with Gasteiger partial charge in [0.1, 0.15) is 0 Å². The van der Waals surface area contributed by atoms with Crippen molar-refractivity contribution in [2.45, 2.75) is 32.3 Å². The summed E-state index contributed by atoms with van der Waals surface area (Å²) < 4.78 is 5.81. The number of hydrogen-bond acceptors (Lipinski definition) is 3. The van der Waals surface area contributed by atoms with Crippen LogP contribution in [-0.2, 0) is 4.74 Å². The first kappa shape index (κ1) is 15.1. The van der Waals surface area contributed by atoms with Crippen molar-refractivity contribution in [3.8, 4) is 0 Å². The van der Waals surface area contributed by atoms with Crippen molar-refractivity contribution in [3.63, 3.8) is 0 Å². The van der Waals surface area contributed by atoms with E-state index in [1.54, 1.807) is 12.1 Å². The van der Waals surface area contributed by atoms with Gasteiger partial charge in [0, 0.05) is 19.7 Å². The number of anilines is 1. The topological polar surface area (TPSA) is 49.8 Å². The van der Waals surface area contributed by atoms with E-state index in [1.165, 1.54) is 6.07 Å². The summed E-state index contributed by atoms with van der Waals surface area (Å²) in [5, 5.41) is 9.44. The highest BCUT2D eigenvalue weighted by molar-refractivity contribution is 6.33. The second kappa shape index (κ2) is 6.95. The van der Waals surface area contributed by atoms with Crippen LogP contribution in [0.3, 0.4) is 0 Å². The van der Waals surface area contributed by atoms with Crippen molar-refractivity contribution < 1.29 is 14.6 Å². The minimum atomic E-state index is -0.957. The lowest BCUT2D eigenvalue weighted by Gasteiger charge is -2.34. The number of benzene rings is 1. The molecule has 2 rings (SSSR count). The molecule has 0 bridgehead atoms. The Kier molecular flexibility index (Phi) is 5.26. The number of ether oxygens (including phenoxy) is 1. The lowest BCUT2D eigenvalue weighted by Crippen LogP contribution is -2.40. The molecule has 4 nitrogen and oxygen atoms in total. The van der Waals surface area contributed by atoms with Crippen molar-refractivity contribution in [2.24, 2.45) is 0 Å². The van der Waals surface area contributed by atoms with Gasteiger partial charge in [-0.15, -0.1) is 0 Å². The quantitative estimate of drug-likeness (QED) is 0.904. The monoisotopic (exact) mass is 297 g/mol. The summed E-state index contributed by atoms with van der Waals surface area (Å²) in [4.78, 5) is 13.1. The molecule has 1 saturated heterocycles. The van der Waals surface area contributed by atoms with Crippen LogP contribution in [-0.4, -0.2) is 36.9 Å². The average molecular weight is 298 g/mol. The lowest BCUT2D eigenvalue weighted by molar-refractivity contribution is 0.0440. The maximum Gasteiger partial charge on any atom is 0.335 e. The first-order valence-corrected chi connectivity index (χ1v) is 7.39. The Morgan fingerprint density at radius 2 is 2.35 bits per heavy atom. The van der Waals surface area contributed by atoms with Crippen LogP contribution in [0.2, 0.25) is 5.02 Å². The Bertz CT molecular complexity index is 478. The van der Waals surface area contributed by atoms with Gasteiger partial charge in [0.25, 0.3) is 0 Å². The molecule has 0 amide bonds. The largest absolute Gasteiger partial charge is 0.478 e. The van der Waals surface area contributed by atoms with Crippen molar-refractivity contribution in [2.75, 3.05) is 24.6 Å². The molecule has 0 aromatic heterocycles. The molecule has 0 aliphatic carbocycles. The SMILES string of the molecule is CCCOC1CCCN(c2ccc(C(=O)O)cc2Cl)C1. The number of aromatic carboxylic acids is 1. The first-order chi connectivity index (χ1) is 9.61. The maximum atomic E-state index is 10.9. The van der Waals surface area contributed by atoms with E-state index < -0.39 is 5.97 Å². The smallest absolute Gasteiger partial charge is 0.335 e. The summed E-state index contributed by atoms with van der Waals surface area (Å²) in [5.74, 6) is -0.957. The fraction of sp³-hybridized carbons (Fsp3) is 0.533. The van der Waals surface area contributed by atoms with E-state index in [0.717, 1.165) is 44.6 Å². The van der Waals surface area contributed by atoms with Crippen LogP contribution in [0.25, 0.3) is 0 Å². The van der Waals surface area contributed by atoms with Gasteiger partial charge in [-0.3, -0.25) is 0 Å². The van der Waals surface area contributed by atoms with Crippen LogP contribution in [0.15, 0.2) is 18.2 Å². The fourth-order valence-electron chi connectivity index (χ4n) is 2.47. The summed E-state index contributed by atoms with van der Waals surface area (Å²) in [6.07, 6.45) is 3.39. The highest BCUT2D eigenvalue weighted by atomic mass is 35.5. The normalized spacial score (nSPS) is 19.1. The van der Waals surface area contributed by atoms with Gasteiger partial charge in [0.2, 0.25) is 0 Å². The van der Waals surface area contributed by atoms with Gasteiger partial charge in [0.05, 0.1) is 22.4 Å². The van der Waals surface area contributed by atoms with Crippen LogP contribution >= 0.6 is 11.6 Å². The summed E-state index contributed by atoms with van der Waals surface area (Å²) in [5.41, 5.74) is 1.11. The summed E-state index contributed by atoms with van der Waals surface area (Å²) in [6.45, 7) is 4.62. The third-order valence-electron chi connectivity index (χ3n) is 3.47. The molecular weight excluding hydrogens is 278 g/mol. The third-order valence-corrected chi connectivity index (χ3v) is 3.77. The van der Waals surface area contributed by atoms with E-state index in [1.807, 2.05) is 0 Å². The van der Waals surface area contributed by atoms with Crippen molar-refractivity contribution >= 4 is 23.3 Å². The van der Waals surface area contributed by atoms with E-state index in [4.69, 9.17) is 21.4 Å².